The van der Waals surface area contributed by atoms with Crippen molar-refractivity contribution < 1.29 is 0 Å². The van der Waals surface area contributed by atoms with Gasteiger partial charge in [0.25, 0.3) is 0 Å². The fourth-order valence-electron chi connectivity index (χ4n) is 2.60. The molecule has 0 aromatic carbocycles. The van der Waals surface area contributed by atoms with Crippen LogP contribution in [0.1, 0.15) is 44.3 Å². The zero-order valence-electron chi connectivity index (χ0n) is 10.4. The SMILES string of the molecule is NC1(c2nc(-c3cccs3)n[nH]2)CCCCCC1. The first kappa shape index (κ1) is 11.9. The Balaban J connectivity index is 1.88. The van der Waals surface area contributed by atoms with E-state index in [-0.39, 0.29) is 5.54 Å². The Morgan fingerprint density at radius 2 is 2.00 bits per heavy atom. The van der Waals surface area contributed by atoms with Gasteiger partial charge in [-0.3, -0.25) is 5.10 Å². The molecule has 3 N–H and O–H groups in total. The molecule has 18 heavy (non-hydrogen) atoms. The number of rotatable bonds is 2. The molecule has 0 unspecified atom stereocenters. The van der Waals surface area contributed by atoms with Crippen molar-refractivity contribution in [1.29, 1.82) is 0 Å². The van der Waals surface area contributed by atoms with Gasteiger partial charge in [-0.05, 0) is 24.3 Å². The minimum atomic E-state index is -0.307. The molecule has 0 atom stereocenters. The first-order valence-electron chi connectivity index (χ1n) is 6.54. The van der Waals surface area contributed by atoms with Crippen LogP contribution in [0.4, 0.5) is 0 Å². The Hall–Kier alpha value is -1.20. The number of nitrogens with zero attached hydrogens (tertiary/aromatic N) is 2. The predicted molar refractivity (Wildman–Crippen MR) is 73.3 cm³/mol. The Morgan fingerprint density at radius 3 is 2.67 bits per heavy atom. The second-order valence-corrected chi connectivity index (χ2v) is 6.00. The highest BCUT2D eigenvalue weighted by atomic mass is 32.1. The van der Waals surface area contributed by atoms with Gasteiger partial charge in [0.2, 0.25) is 0 Å². The van der Waals surface area contributed by atoms with Crippen LogP contribution in [0, 0.1) is 0 Å². The molecule has 1 aliphatic carbocycles. The van der Waals surface area contributed by atoms with Crippen LogP contribution in [0.15, 0.2) is 17.5 Å². The molecule has 0 spiro atoms. The molecule has 4 nitrogen and oxygen atoms in total. The third-order valence-corrected chi connectivity index (χ3v) is 4.56. The summed E-state index contributed by atoms with van der Waals surface area (Å²) >= 11 is 1.65. The van der Waals surface area contributed by atoms with E-state index in [1.165, 1.54) is 25.7 Å². The highest BCUT2D eigenvalue weighted by Gasteiger charge is 2.31. The molecule has 2 heterocycles. The molecule has 0 bridgehead atoms. The van der Waals surface area contributed by atoms with Crippen molar-refractivity contribution in [1.82, 2.24) is 15.2 Å². The van der Waals surface area contributed by atoms with E-state index < -0.39 is 0 Å². The summed E-state index contributed by atoms with van der Waals surface area (Å²) in [5.41, 5.74) is 6.21. The standard InChI is InChI=1S/C13H18N4S/c14-13(7-3-1-2-4-8-13)12-15-11(16-17-12)10-6-5-9-18-10/h5-6,9H,1-4,7-8,14H2,(H,15,16,17). The molecule has 0 radical (unpaired) electrons. The number of aromatic nitrogens is 3. The summed E-state index contributed by atoms with van der Waals surface area (Å²) in [5.74, 6) is 1.63. The number of aromatic amines is 1. The molecule has 1 aliphatic rings. The summed E-state index contributed by atoms with van der Waals surface area (Å²) in [5, 5.41) is 9.39. The van der Waals surface area contributed by atoms with Crippen molar-refractivity contribution in [2.45, 2.75) is 44.1 Å². The van der Waals surface area contributed by atoms with Crippen molar-refractivity contribution in [3.05, 3.63) is 23.3 Å². The van der Waals surface area contributed by atoms with E-state index in [4.69, 9.17) is 5.73 Å². The van der Waals surface area contributed by atoms with Crippen LogP contribution in [0.3, 0.4) is 0 Å². The second-order valence-electron chi connectivity index (χ2n) is 5.06. The van der Waals surface area contributed by atoms with E-state index in [1.807, 2.05) is 17.5 Å². The maximum atomic E-state index is 6.52. The third-order valence-electron chi connectivity index (χ3n) is 3.69. The van der Waals surface area contributed by atoms with E-state index in [0.717, 1.165) is 29.4 Å². The Labute approximate surface area is 111 Å². The van der Waals surface area contributed by atoms with E-state index in [0.29, 0.717) is 0 Å². The van der Waals surface area contributed by atoms with Crippen LogP contribution in [0.25, 0.3) is 10.7 Å². The summed E-state index contributed by atoms with van der Waals surface area (Å²) in [6.45, 7) is 0. The van der Waals surface area contributed by atoms with Crippen LogP contribution in [-0.4, -0.2) is 15.2 Å². The van der Waals surface area contributed by atoms with E-state index in [1.54, 1.807) is 11.3 Å². The Kier molecular flexibility index (Phi) is 3.18. The van der Waals surface area contributed by atoms with Gasteiger partial charge in [-0.25, -0.2) is 4.98 Å². The van der Waals surface area contributed by atoms with Crippen LogP contribution >= 0.6 is 11.3 Å². The van der Waals surface area contributed by atoms with Crippen molar-refractivity contribution in [2.24, 2.45) is 5.73 Å². The number of hydrogen-bond acceptors (Lipinski definition) is 4. The first-order chi connectivity index (χ1) is 8.78. The van der Waals surface area contributed by atoms with E-state index >= 15 is 0 Å². The largest absolute Gasteiger partial charge is 0.319 e. The van der Waals surface area contributed by atoms with Crippen molar-refractivity contribution in [3.63, 3.8) is 0 Å². The molecule has 96 valence electrons. The van der Waals surface area contributed by atoms with Crippen LogP contribution in [-0.2, 0) is 5.54 Å². The number of nitrogens with two attached hydrogens (primary N) is 1. The van der Waals surface area contributed by atoms with E-state index in [2.05, 4.69) is 15.2 Å². The van der Waals surface area contributed by atoms with Gasteiger partial charge in [-0.15, -0.1) is 11.3 Å². The summed E-state index contributed by atoms with van der Waals surface area (Å²) < 4.78 is 0. The summed E-state index contributed by atoms with van der Waals surface area (Å²) in [6.07, 6.45) is 6.95. The van der Waals surface area contributed by atoms with Gasteiger partial charge in [0.1, 0.15) is 5.82 Å². The van der Waals surface area contributed by atoms with Crippen molar-refractivity contribution in [2.75, 3.05) is 0 Å². The lowest BCUT2D eigenvalue weighted by Gasteiger charge is -2.24. The lowest BCUT2D eigenvalue weighted by molar-refractivity contribution is 0.364. The molecule has 2 aromatic heterocycles. The minimum Gasteiger partial charge on any atom is -0.319 e. The molecule has 0 saturated heterocycles. The number of hydrogen-bond donors (Lipinski definition) is 2. The van der Waals surface area contributed by atoms with Crippen LogP contribution < -0.4 is 5.73 Å². The smallest absolute Gasteiger partial charge is 0.191 e. The van der Waals surface area contributed by atoms with Gasteiger partial charge in [0, 0.05) is 0 Å². The number of nitrogens with one attached hydrogen (secondary N) is 1. The monoisotopic (exact) mass is 262 g/mol. The molecule has 2 aromatic rings. The minimum absolute atomic E-state index is 0.307. The van der Waals surface area contributed by atoms with Gasteiger partial charge < -0.3 is 5.73 Å². The quantitative estimate of drug-likeness (QED) is 0.817. The van der Waals surface area contributed by atoms with E-state index in [9.17, 15) is 0 Å². The van der Waals surface area contributed by atoms with Gasteiger partial charge in [-0.2, -0.15) is 5.10 Å². The van der Waals surface area contributed by atoms with Crippen LogP contribution in [0.2, 0.25) is 0 Å². The maximum Gasteiger partial charge on any atom is 0.191 e. The average Bonchev–Trinajstić information content (AvgIpc) is 3.00. The zero-order chi connectivity index (χ0) is 12.4. The summed E-state index contributed by atoms with van der Waals surface area (Å²) in [7, 11) is 0. The molecule has 0 amide bonds. The van der Waals surface area contributed by atoms with Gasteiger partial charge in [-0.1, -0.05) is 31.7 Å². The maximum absolute atomic E-state index is 6.52. The van der Waals surface area contributed by atoms with Gasteiger partial charge in [0.15, 0.2) is 5.82 Å². The highest BCUT2D eigenvalue weighted by molar-refractivity contribution is 7.13. The molecule has 0 aliphatic heterocycles. The second kappa shape index (κ2) is 4.82. The Bertz CT molecular complexity index is 495. The van der Waals surface area contributed by atoms with Crippen molar-refractivity contribution in [3.8, 4) is 10.7 Å². The number of thiophene rings is 1. The highest BCUT2D eigenvalue weighted by Crippen LogP contribution is 2.32. The molecule has 5 heteroatoms. The van der Waals surface area contributed by atoms with Crippen molar-refractivity contribution >= 4 is 11.3 Å². The lowest BCUT2D eigenvalue weighted by atomic mass is 9.91. The molecular weight excluding hydrogens is 244 g/mol. The van der Waals surface area contributed by atoms with Crippen LogP contribution in [0.5, 0.6) is 0 Å². The predicted octanol–water partition coefficient (Wildman–Crippen LogP) is 3.04. The fraction of sp³-hybridized carbons (Fsp3) is 0.538. The molecule has 3 rings (SSSR count). The average molecular weight is 262 g/mol. The topological polar surface area (TPSA) is 67.6 Å². The molecular formula is C13H18N4S. The Morgan fingerprint density at radius 1 is 1.22 bits per heavy atom. The fourth-order valence-corrected chi connectivity index (χ4v) is 3.25. The number of H-pyrrole nitrogens is 1. The lowest BCUT2D eigenvalue weighted by Crippen LogP contribution is -2.37. The molecule has 1 saturated carbocycles. The van der Waals surface area contributed by atoms with Gasteiger partial charge >= 0.3 is 0 Å². The summed E-state index contributed by atoms with van der Waals surface area (Å²) in [6, 6.07) is 4.05. The zero-order valence-corrected chi connectivity index (χ0v) is 11.2. The normalized spacial score (nSPS) is 19.6. The first-order valence-corrected chi connectivity index (χ1v) is 7.42. The van der Waals surface area contributed by atoms with Gasteiger partial charge in [0.05, 0.1) is 10.4 Å². The summed E-state index contributed by atoms with van der Waals surface area (Å²) in [4.78, 5) is 5.70. The third kappa shape index (κ3) is 2.20. The molecule has 1 fully saturated rings.